The summed E-state index contributed by atoms with van der Waals surface area (Å²) in [7, 11) is 0. The predicted octanol–water partition coefficient (Wildman–Crippen LogP) is 4.40. The molecule has 7 nitrogen and oxygen atoms in total. The van der Waals surface area contributed by atoms with Crippen LogP contribution in [0.4, 0.5) is 20.2 Å². The van der Waals surface area contributed by atoms with Crippen LogP contribution >= 0.6 is 11.3 Å². The molecule has 0 saturated carbocycles. The molecule has 0 atom stereocenters. The zero-order valence-electron chi connectivity index (χ0n) is 15.8. The summed E-state index contributed by atoms with van der Waals surface area (Å²) < 4.78 is 33.6. The Labute approximate surface area is 179 Å². The van der Waals surface area contributed by atoms with Gasteiger partial charge in [0.2, 0.25) is 0 Å². The zero-order chi connectivity index (χ0) is 22.2. The van der Waals surface area contributed by atoms with Crippen LogP contribution in [-0.4, -0.2) is 31.0 Å². The number of nitrogens with one attached hydrogen (secondary N) is 2. The highest BCUT2D eigenvalue weighted by atomic mass is 32.1. The number of esters is 1. The number of carbonyl (C=O) groups excluding carboxylic acids is 3. The molecule has 31 heavy (non-hydrogen) atoms. The standard InChI is InChI=1S/C21H16F2N2O5S/c22-21(23)30-15-7-5-14(6-8-15)24-18(26)11-29-20(28)16-3-1-2-4-17(16)25-19(27)13-9-10-31-12-13/h1-10,12,21H,11H2,(H,24,26)(H,25,27). The first-order chi connectivity index (χ1) is 14.9. The molecule has 0 aliphatic carbocycles. The van der Waals surface area contributed by atoms with Crippen molar-refractivity contribution in [3.8, 4) is 5.75 Å². The maximum atomic E-state index is 12.4. The first-order valence-corrected chi connectivity index (χ1v) is 9.81. The summed E-state index contributed by atoms with van der Waals surface area (Å²) >= 11 is 1.37. The Morgan fingerprint density at radius 2 is 1.71 bits per heavy atom. The highest BCUT2D eigenvalue weighted by Gasteiger charge is 2.17. The molecule has 0 saturated heterocycles. The molecule has 3 rings (SSSR count). The van der Waals surface area contributed by atoms with Crippen LogP contribution in [0.2, 0.25) is 0 Å². The van der Waals surface area contributed by atoms with Crippen LogP contribution in [0.3, 0.4) is 0 Å². The second-order valence-electron chi connectivity index (χ2n) is 6.04. The van der Waals surface area contributed by atoms with Crippen molar-refractivity contribution in [3.63, 3.8) is 0 Å². The second kappa shape index (κ2) is 10.3. The van der Waals surface area contributed by atoms with Gasteiger partial charge in [0, 0.05) is 11.1 Å². The van der Waals surface area contributed by atoms with Gasteiger partial charge in [-0.15, -0.1) is 0 Å². The topological polar surface area (TPSA) is 93.7 Å². The van der Waals surface area contributed by atoms with Crippen LogP contribution < -0.4 is 15.4 Å². The molecule has 0 aliphatic rings. The van der Waals surface area contributed by atoms with E-state index in [2.05, 4.69) is 15.4 Å². The van der Waals surface area contributed by atoms with Crippen molar-refractivity contribution >= 4 is 40.5 Å². The summed E-state index contributed by atoms with van der Waals surface area (Å²) in [5, 5.41) is 8.54. The van der Waals surface area contributed by atoms with Gasteiger partial charge in [0.15, 0.2) is 6.61 Å². The summed E-state index contributed by atoms with van der Waals surface area (Å²) in [5.74, 6) is -1.85. The van der Waals surface area contributed by atoms with Crippen LogP contribution in [0.15, 0.2) is 65.4 Å². The van der Waals surface area contributed by atoms with Crippen molar-refractivity contribution in [1.29, 1.82) is 0 Å². The molecule has 0 fully saturated rings. The number of carbonyl (C=O) groups is 3. The van der Waals surface area contributed by atoms with Gasteiger partial charge in [0.25, 0.3) is 11.8 Å². The van der Waals surface area contributed by atoms with Gasteiger partial charge in [-0.2, -0.15) is 20.1 Å². The Hall–Kier alpha value is -3.79. The van der Waals surface area contributed by atoms with E-state index in [1.54, 1.807) is 35.0 Å². The minimum Gasteiger partial charge on any atom is -0.452 e. The van der Waals surface area contributed by atoms with Gasteiger partial charge in [-0.1, -0.05) is 12.1 Å². The molecule has 1 heterocycles. The lowest BCUT2D eigenvalue weighted by Crippen LogP contribution is -2.22. The normalized spacial score (nSPS) is 10.4. The SMILES string of the molecule is O=C(COC(=O)c1ccccc1NC(=O)c1ccsc1)Nc1ccc(OC(F)F)cc1. The predicted molar refractivity (Wildman–Crippen MR) is 111 cm³/mol. The second-order valence-corrected chi connectivity index (χ2v) is 6.82. The third-order valence-corrected chi connectivity index (χ3v) is 4.56. The molecule has 0 unspecified atom stereocenters. The average molecular weight is 446 g/mol. The largest absolute Gasteiger partial charge is 0.452 e. The van der Waals surface area contributed by atoms with Crippen molar-refractivity contribution in [1.82, 2.24) is 0 Å². The van der Waals surface area contributed by atoms with E-state index in [0.717, 1.165) is 0 Å². The number of amides is 2. The highest BCUT2D eigenvalue weighted by molar-refractivity contribution is 7.08. The van der Waals surface area contributed by atoms with E-state index in [1.807, 2.05) is 0 Å². The lowest BCUT2D eigenvalue weighted by atomic mass is 10.1. The molecule has 2 N–H and O–H groups in total. The minimum absolute atomic E-state index is 0.0551. The molecule has 2 amide bonds. The van der Waals surface area contributed by atoms with Gasteiger partial charge in [-0.3, -0.25) is 9.59 Å². The minimum atomic E-state index is -2.95. The van der Waals surface area contributed by atoms with Gasteiger partial charge in [-0.05, 0) is 47.8 Å². The molecule has 0 aliphatic heterocycles. The van der Waals surface area contributed by atoms with Crippen LogP contribution in [-0.2, 0) is 9.53 Å². The number of hydrogen-bond donors (Lipinski definition) is 2. The van der Waals surface area contributed by atoms with Crippen LogP contribution in [0.25, 0.3) is 0 Å². The van der Waals surface area contributed by atoms with Crippen LogP contribution in [0.5, 0.6) is 5.75 Å². The summed E-state index contributed by atoms with van der Waals surface area (Å²) in [4.78, 5) is 36.7. The molecular formula is C21H16F2N2O5S. The smallest absolute Gasteiger partial charge is 0.387 e. The van der Waals surface area contributed by atoms with E-state index < -0.39 is 25.1 Å². The van der Waals surface area contributed by atoms with E-state index in [4.69, 9.17) is 4.74 Å². The van der Waals surface area contributed by atoms with Crippen molar-refractivity contribution in [2.75, 3.05) is 17.2 Å². The van der Waals surface area contributed by atoms with Crippen molar-refractivity contribution in [2.45, 2.75) is 6.61 Å². The molecule has 160 valence electrons. The lowest BCUT2D eigenvalue weighted by Gasteiger charge is -2.11. The molecule has 10 heteroatoms. The van der Waals surface area contributed by atoms with Gasteiger partial charge in [0.05, 0.1) is 16.8 Å². The number of benzene rings is 2. The number of halogens is 2. The molecular weight excluding hydrogens is 430 g/mol. The van der Waals surface area contributed by atoms with Crippen molar-refractivity contribution in [2.24, 2.45) is 0 Å². The van der Waals surface area contributed by atoms with E-state index in [9.17, 15) is 23.2 Å². The molecule has 0 bridgehead atoms. The van der Waals surface area contributed by atoms with Crippen LogP contribution in [0.1, 0.15) is 20.7 Å². The number of anilines is 2. The number of para-hydroxylation sites is 1. The fraction of sp³-hybridized carbons (Fsp3) is 0.0952. The number of alkyl halides is 2. The zero-order valence-corrected chi connectivity index (χ0v) is 16.7. The Bertz CT molecular complexity index is 1060. The van der Waals surface area contributed by atoms with E-state index >= 15 is 0 Å². The summed E-state index contributed by atoms with van der Waals surface area (Å²) in [6.07, 6.45) is 0. The first-order valence-electron chi connectivity index (χ1n) is 8.87. The van der Waals surface area contributed by atoms with E-state index in [-0.39, 0.29) is 22.9 Å². The van der Waals surface area contributed by atoms with Gasteiger partial charge >= 0.3 is 12.6 Å². The fourth-order valence-electron chi connectivity index (χ4n) is 2.48. The molecule has 0 radical (unpaired) electrons. The van der Waals surface area contributed by atoms with Gasteiger partial charge in [-0.25, -0.2) is 4.79 Å². The molecule has 1 aromatic heterocycles. The quantitative estimate of drug-likeness (QED) is 0.501. The first kappa shape index (κ1) is 21.9. The monoisotopic (exact) mass is 446 g/mol. The number of hydrogen-bond acceptors (Lipinski definition) is 6. The molecule has 3 aromatic rings. The van der Waals surface area contributed by atoms with Gasteiger partial charge in [0.1, 0.15) is 5.75 Å². The lowest BCUT2D eigenvalue weighted by molar-refractivity contribution is -0.119. The Balaban J connectivity index is 1.55. The number of rotatable bonds is 8. The Morgan fingerprint density at radius 3 is 2.39 bits per heavy atom. The third kappa shape index (κ3) is 6.34. The fourth-order valence-corrected chi connectivity index (χ4v) is 3.12. The van der Waals surface area contributed by atoms with Crippen LogP contribution in [0, 0.1) is 0 Å². The third-order valence-electron chi connectivity index (χ3n) is 3.88. The Morgan fingerprint density at radius 1 is 0.968 bits per heavy atom. The van der Waals surface area contributed by atoms with Gasteiger partial charge < -0.3 is 20.1 Å². The van der Waals surface area contributed by atoms with E-state index in [0.29, 0.717) is 11.3 Å². The average Bonchev–Trinajstić information content (AvgIpc) is 3.29. The van der Waals surface area contributed by atoms with E-state index in [1.165, 1.54) is 41.7 Å². The maximum Gasteiger partial charge on any atom is 0.387 e. The summed E-state index contributed by atoms with van der Waals surface area (Å²) in [5.41, 5.74) is 1.11. The Kier molecular flexibility index (Phi) is 7.28. The number of ether oxygens (including phenoxy) is 2. The summed E-state index contributed by atoms with van der Waals surface area (Å²) in [6.45, 7) is -3.53. The molecule has 0 spiro atoms. The molecule has 2 aromatic carbocycles. The highest BCUT2D eigenvalue weighted by Crippen LogP contribution is 2.19. The maximum absolute atomic E-state index is 12.4. The number of thiophene rings is 1. The van der Waals surface area contributed by atoms with Crippen molar-refractivity contribution in [3.05, 3.63) is 76.5 Å². The van der Waals surface area contributed by atoms with Crippen molar-refractivity contribution < 1.29 is 32.6 Å². The summed E-state index contributed by atoms with van der Waals surface area (Å²) in [6, 6.07) is 13.2.